The highest BCUT2D eigenvalue weighted by Crippen LogP contribution is 2.37. The number of hydrogen-bond acceptors (Lipinski definition) is 5. The molecule has 3 N–H and O–H groups in total. The number of amides is 1. The Bertz CT molecular complexity index is 769. The molecule has 1 unspecified atom stereocenters. The third kappa shape index (κ3) is 2.24. The number of rotatable bonds is 2. The minimum atomic E-state index is -0.599. The van der Waals surface area contributed by atoms with Crippen LogP contribution in [-0.4, -0.2) is 26.1 Å². The minimum absolute atomic E-state index is 0.346. The van der Waals surface area contributed by atoms with Crippen molar-refractivity contribution in [1.82, 2.24) is 20.2 Å². The highest BCUT2D eigenvalue weighted by molar-refractivity contribution is 6.35. The first-order valence-corrected chi connectivity index (χ1v) is 6.75. The molecular formula is C12H10Cl2N6O. The SMILES string of the molecule is CC1=C(C(N)=O)C(c2ccc(Cl)cc2Cl)n2nnnc2N1. The Kier molecular flexibility index (Phi) is 3.30. The molecule has 2 heterocycles. The van der Waals surface area contributed by atoms with Crippen molar-refractivity contribution >= 4 is 35.1 Å². The monoisotopic (exact) mass is 324 g/mol. The number of carbonyl (C=O) groups excluding carboxylic acids is 1. The summed E-state index contributed by atoms with van der Waals surface area (Å²) in [6.45, 7) is 1.73. The fourth-order valence-corrected chi connectivity index (χ4v) is 2.85. The average molecular weight is 325 g/mol. The fourth-order valence-electron chi connectivity index (χ4n) is 2.34. The number of primary amides is 1. The second-order valence-electron chi connectivity index (χ2n) is 4.54. The summed E-state index contributed by atoms with van der Waals surface area (Å²) in [6, 6.07) is 4.40. The molecule has 1 atom stereocenters. The van der Waals surface area contributed by atoms with Gasteiger partial charge in [0.1, 0.15) is 6.04 Å². The lowest BCUT2D eigenvalue weighted by Gasteiger charge is -2.27. The lowest BCUT2D eigenvalue weighted by atomic mass is 9.95. The quantitative estimate of drug-likeness (QED) is 0.876. The molecule has 9 heteroatoms. The van der Waals surface area contributed by atoms with Crippen LogP contribution in [0.2, 0.25) is 10.0 Å². The van der Waals surface area contributed by atoms with Crippen LogP contribution >= 0.6 is 23.2 Å². The van der Waals surface area contributed by atoms with E-state index in [0.29, 0.717) is 32.8 Å². The van der Waals surface area contributed by atoms with E-state index in [9.17, 15) is 4.79 Å². The van der Waals surface area contributed by atoms with Gasteiger partial charge in [0.15, 0.2) is 0 Å². The van der Waals surface area contributed by atoms with Gasteiger partial charge in [0.25, 0.3) is 0 Å². The van der Waals surface area contributed by atoms with Crippen molar-refractivity contribution in [2.75, 3.05) is 5.32 Å². The van der Waals surface area contributed by atoms with Gasteiger partial charge in [-0.1, -0.05) is 34.4 Å². The molecule has 0 saturated carbocycles. The molecule has 108 valence electrons. The molecular weight excluding hydrogens is 315 g/mol. The van der Waals surface area contributed by atoms with E-state index in [1.807, 2.05) is 0 Å². The molecule has 0 spiro atoms. The van der Waals surface area contributed by atoms with Crippen LogP contribution in [0.3, 0.4) is 0 Å². The lowest BCUT2D eigenvalue weighted by molar-refractivity contribution is -0.115. The molecule has 1 amide bonds. The number of hydrogen-bond donors (Lipinski definition) is 2. The Morgan fingerprint density at radius 2 is 2.19 bits per heavy atom. The van der Waals surface area contributed by atoms with Gasteiger partial charge in [0.05, 0.1) is 5.57 Å². The number of fused-ring (bicyclic) bond motifs is 1. The van der Waals surface area contributed by atoms with Gasteiger partial charge < -0.3 is 11.1 Å². The summed E-state index contributed by atoms with van der Waals surface area (Å²) in [5.74, 6) is -0.161. The zero-order chi connectivity index (χ0) is 15.1. The van der Waals surface area contributed by atoms with Crippen molar-refractivity contribution in [1.29, 1.82) is 0 Å². The fraction of sp³-hybridized carbons (Fsp3) is 0.167. The summed E-state index contributed by atoms with van der Waals surface area (Å²) in [7, 11) is 0. The smallest absolute Gasteiger partial charge is 0.248 e. The highest BCUT2D eigenvalue weighted by Gasteiger charge is 2.34. The van der Waals surface area contributed by atoms with Crippen LogP contribution in [0.5, 0.6) is 0 Å². The van der Waals surface area contributed by atoms with E-state index in [2.05, 4.69) is 20.8 Å². The number of benzene rings is 1. The molecule has 2 aromatic rings. The van der Waals surface area contributed by atoms with Gasteiger partial charge in [-0.2, -0.15) is 4.68 Å². The topological polar surface area (TPSA) is 98.7 Å². The number of tetrazole rings is 1. The van der Waals surface area contributed by atoms with Crippen LogP contribution in [0.25, 0.3) is 0 Å². The summed E-state index contributed by atoms with van der Waals surface area (Å²) >= 11 is 12.2. The second kappa shape index (κ2) is 5.01. The maximum Gasteiger partial charge on any atom is 0.248 e. The average Bonchev–Trinajstić information content (AvgIpc) is 2.84. The summed E-state index contributed by atoms with van der Waals surface area (Å²) in [5.41, 5.74) is 7.08. The van der Waals surface area contributed by atoms with Gasteiger partial charge in [-0.25, -0.2) is 0 Å². The summed E-state index contributed by atoms with van der Waals surface area (Å²) < 4.78 is 1.46. The van der Waals surface area contributed by atoms with Gasteiger partial charge in [-0.05, 0) is 29.5 Å². The number of anilines is 1. The normalized spacial score (nSPS) is 17.4. The summed E-state index contributed by atoms with van der Waals surface area (Å²) in [5, 5.41) is 15.2. The number of nitrogens with two attached hydrogens (primary N) is 1. The Labute approximate surface area is 129 Å². The lowest BCUT2D eigenvalue weighted by Crippen LogP contribution is -2.32. The van der Waals surface area contributed by atoms with Gasteiger partial charge >= 0.3 is 0 Å². The minimum Gasteiger partial charge on any atom is -0.366 e. The zero-order valence-corrected chi connectivity index (χ0v) is 12.4. The van der Waals surface area contributed by atoms with Crippen LogP contribution in [0.15, 0.2) is 29.5 Å². The third-order valence-electron chi connectivity index (χ3n) is 3.24. The molecule has 1 aliphatic rings. The van der Waals surface area contributed by atoms with E-state index in [0.717, 1.165) is 0 Å². The molecule has 1 aromatic carbocycles. The van der Waals surface area contributed by atoms with Gasteiger partial charge in [-0.3, -0.25) is 4.79 Å². The molecule has 0 bridgehead atoms. The first-order chi connectivity index (χ1) is 9.99. The molecule has 0 radical (unpaired) electrons. The van der Waals surface area contributed by atoms with Gasteiger partial charge in [0.2, 0.25) is 11.9 Å². The first kappa shape index (κ1) is 13.8. The summed E-state index contributed by atoms with van der Waals surface area (Å²) in [6.07, 6.45) is 0. The van der Waals surface area contributed by atoms with Crippen molar-refractivity contribution in [3.8, 4) is 0 Å². The number of carbonyl (C=O) groups is 1. The number of allylic oxidation sites excluding steroid dienone is 1. The van der Waals surface area contributed by atoms with E-state index in [1.165, 1.54) is 4.68 Å². The first-order valence-electron chi connectivity index (χ1n) is 5.99. The maximum atomic E-state index is 11.8. The predicted molar refractivity (Wildman–Crippen MR) is 77.9 cm³/mol. The molecule has 0 aliphatic carbocycles. The Hall–Kier alpha value is -2.12. The van der Waals surface area contributed by atoms with Crippen molar-refractivity contribution in [2.45, 2.75) is 13.0 Å². The maximum absolute atomic E-state index is 11.8. The van der Waals surface area contributed by atoms with E-state index in [1.54, 1.807) is 25.1 Å². The zero-order valence-electron chi connectivity index (χ0n) is 10.8. The van der Waals surface area contributed by atoms with Crippen LogP contribution in [-0.2, 0) is 4.79 Å². The molecule has 1 aromatic heterocycles. The standard InChI is InChI=1S/C12H10Cl2N6O/c1-5-9(11(15)21)10(20-12(16-5)17-18-19-20)7-3-2-6(13)4-8(7)14/h2-4,10H,1H3,(H2,15,21)(H,16,17,19). The van der Waals surface area contributed by atoms with E-state index >= 15 is 0 Å². The highest BCUT2D eigenvalue weighted by atomic mass is 35.5. The Morgan fingerprint density at radius 1 is 1.43 bits per heavy atom. The van der Waals surface area contributed by atoms with Crippen LogP contribution in [0, 0.1) is 0 Å². The predicted octanol–water partition coefficient (Wildman–Crippen LogP) is 1.75. The van der Waals surface area contributed by atoms with Crippen LogP contribution in [0.1, 0.15) is 18.5 Å². The molecule has 3 rings (SSSR count). The molecule has 0 saturated heterocycles. The third-order valence-corrected chi connectivity index (χ3v) is 3.80. The number of aromatic nitrogens is 4. The summed E-state index contributed by atoms with van der Waals surface area (Å²) in [4.78, 5) is 11.8. The van der Waals surface area contributed by atoms with Crippen LogP contribution in [0.4, 0.5) is 5.95 Å². The molecule has 7 nitrogen and oxygen atoms in total. The van der Waals surface area contributed by atoms with Gasteiger partial charge in [0, 0.05) is 21.3 Å². The van der Waals surface area contributed by atoms with Crippen molar-refractivity contribution in [3.05, 3.63) is 45.1 Å². The number of nitrogens with zero attached hydrogens (tertiary/aromatic N) is 4. The van der Waals surface area contributed by atoms with Crippen LogP contribution < -0.4 is 11.1 Å². The van der Waals surface area contributed by atoms with E-state index in [-0.39, 0.29) is 0 Å². The Morgan fingerprint density at radius 3 is 2.86 bits per heavy atom. The van der Waals surface area contributed by atoms with Crippen molar-refractivity contribution in [3.63, 3.8) is 0 Å². The van der Waals surface area contributed by atoms with E-state index < -0.39 is 11.9 Å². The molecule has 0 fully saturated rings. The second-order valence-corrected chi connectivity index (χ2v) is 5.39. The van der Waals surface area contributed by atoms with E-state index in [4.69, 9.17) is 28.9 Å². The van der Waals surface area contributed by atoms with Crippen molar-refractivity contribution in [2.24, 2.45) is 5.73 Å². The Balaban J connectivity index is 2.24. The number of halogens is 2. The largest absolute Gasteiger partial charge is 0.366 e. The number of nitrogens with one attached hydrogen (secondary N) is 1. The van der Waals surface area contributed by atoms with Gasteiger partial charge in [-0.15, -0.1) is 0 Å². The molecule has 1 aliphatic heterocycles. The van der Waals surface area contributed by atoms with Crippen molar-refractivity contribution < 1.29 is 4.79 Å². The molecule has 21 heavy (non-hydrogen) atoms.